The molecule has 1 aromatic carbocycles. The van der Waals surface area contributed by atoms with Gasteiger partial charge in [0.05, 0.1) is 12.6 Å². The van der Waals surface area contributed by atoms with Crippen LogP contribution in [0.3, 0.4) is 0 Å². The second-order valence-corrected chi connectivity index (χ2v) is 6.62. The van der Waals surface area contributed by atoms with Gasteiger partial charge < -0.3 is 5.32 Å². The standard InChI is InChI=1S/C18H23N3O/c1-21(16-9-8-14-6-2-3-7-15(14)16)12-17(22)20-18(13-19)10-4-5-11-18/h2-3,6-7,16H,4-5,8-12H2,1H3,(H,20,22). The van der Waals surface area contributed by atoms with Crippen LogP contribution in [0.25, 0.3) is 0 Å². The molecule has 0 radical (unpaired) electrons. The molecule has 1 N–H and O–H groups in total. The maximum Gasteiger partial charge on any atom is 0.235 e. The van der Waals surface area contributed by atoms with E-state index >= 15 is 0 Å². The first-order valence-electron chi connectivity index (χ1n) is 8.14. The summed E-state index contributed by atoms with van der Waals surface area (Å²) in [5.74, 6) is -0.0321. The van der Waals surface area contributed by atoms with Crippen molar-refractivity contribution in [3.8, 4) is 6.07 Å². The third-order valence-electron chi connectivity index (χ3n) is 5.08. The van der Waals surface area contributed by atoms with Crippen LogP contribution in [0.1, 0.15) is 49.3 Å². The number of hydrogen-bond acceptors (Lipinski definition) is 3. The molecule has 0 saturated heterocycles. The van der Waals surface area contributed by atoms with Crippen LogP contribution in [0.2, 0.25) is 0 Å². The molecule has 0 bridgehead atoms. The number of nitrogens with zero attached hydrogens (tertiary/aromatic N) is 2. The van der Waals surface area contributed by atoms with Gasteiger partial charge in [-0.1, -0.05) is 24.3 Å². The van der Waals surface area contributed by atoms with Gasteiger partial charge in [0.2, 0.25) is 5.91 Å². The SMILES string of the molecule is CN(CC(=O)NC1(C#N)CCCC1)C1CCc2ccccc21. The van der Waals surface area contributed by atoms with Crippen LogP contribution in [0.4, 0.5) is 0 Å². The van der Waals surface area contributed by atoms with Gasteiger partial charge in [0, 0.05) is 6.04 Å². The van der Waals surface area contributed by atoms with Crippen molar-refractivity contribution < 1.29 is 4.79 Å². The average molecular weight is 297 g/mol. The number of hydrogen-bond donors (Lipinski definition) is 1. The Labute approximate surface area is 132 Å². The van der Waals surface area contributed by atoms with Gasteiger partial charge in [-0.3, -0.25) is 9.69 Å². The summed E-state index contributed by atoms with van der Waals surface area (Å²) in [6.45, 7) is 0.350. The largest absolute Gasteiger partial charge is 0.337 e. The van der Waals surface area contributed by atoms with E-state index in [2.05, 4.69) is 40.6 Å². The smallest absolute Gasteiger partial charge is 0.235 e. The Kier molecular flexibility index (Phi) is 4.17. The number of likely N-dealkylation sites (N-methyl/N-ethyl adjacent to an activating group) is 1. The van der Waals surface area contributed by atoms with Gasteiger partial charge in [0.15, 0.2) is 0 Å². The van der Waals surface area contributed by atoms with Crippen LogP contribution in [0, 0.1) is 11.3 Å². The van der Waals surface area contributed by atoms with Crippen LogP contribution in [-0.4, -0.2) is 29.9 Å². The number of fused-ring (bicyclic) bond motifs is 1. The molecule has 2 aliphatic carbocycles. The van der Waals surface area contributed by atoms with Crippen LogP contribution >= 0.6 is 0 Å². The molecule has 1 atom stereocenters. The van der Waals surface area contributed by atoms with E-state index in [1.165, 1.54) is 11.1 Å². The van der Waals surface area contributed by atoms with E-state index in [0.29, 0.717) is 12.6 Å². The zero-order valence-corrected chi connectivity index (χ0v) is 13.1. The molecule has 0 spiro atoms. The van der Waals surface area contributed by atoms with Crippen molar-refractivity contribution in [2.24, 2.45) is 0 Å². The molecule has 4 heteroatoms. The molecule has 1 saturated carbocycles. The molecule has 22 heavy (non-hydrogen) atoms. The van der Waals surface area contributed by atoms with Crippen molar-refractivity contribution in [1.29, 1.82) is 5.26 Å². The maximum absolute atomic E-state index is 12.3. The fourth-order valence-corrected chi connectivity index (χ4v) is 3.88. The Balaban J connectivity index is 1.62. The van der Waals surface area contributed by atoms with Gasteiger partial charge in [0.1, 0.15) is 5.54 Å². The monoisotopic (exact) mass is 297 g/mol. The lowest BCUT2D eigenvalue weighted by molar-refractivity contribution is -0.123. The van der Waals surface area contributed by atoms with Crippen molar-refractivity contribution in [3.63, 3.8) is 0 Å². The number of benzene rings is 1. The Bertz CT molecular complexity index is 599. The first-order valence-corrected chi connectivity index (χ1v) is 8.14. The average Bonchev–Trinajstić information content (AvgIpc) is 3.14. The number of carbonyl (C=O) groups excluding carboxylic acids is 1. The second kappa shape index (κ2) is 6.10. The van der Waals surface area contributed by atoms with E-state index in [0.717, 1.165) is 38.5 Å². The van der Waals surface area contributed by atoms with E-state index < -0.39 is 5.54 Å². The summed E-state index contributed by atoms with van der Waals surface area (Å²) >= 11 is 0. The van der Waals surface area contributed by atoms with E-state index in [1.807, 2.05) is 7.05 Å². The molecular formula is C18H23N3O. The number of carbonyl (C=O) groups is 1. The van der Waals surface area contributed by atoms with Gasteiger partial charge in [0.25, 0.3) is 0 Å². The molecule has 2 aliphatic rings. The lowest BCUT2D eigenvalue weighted by Crippen LogP contribution is -2.48. The highest BCUT2D eigenvalue weighted by atomic mass is 16.2. The van der Waals surface area contributed by atoms with Crippen molar-refractivity contribution in [2.75, 3.05) is 13.6 Å². The molecule has 1 aromatic rings. The molecule has 1 fully saturated rings. The van der Waals surface area contributed by atoms with Crippen molar-refractivity contribution in [1.82, 2.24) is 10.2 Å². The fourth-order valence-electron chi connectivity index (χ4n) is 3.88. The molecule has 3 rings (SSSR count). The van der Waals surface area contributed by atoms with E-state index in [-0.39, 0.29) is 5.91 Å². The molecule has 0 aliphatic heterocycles. The van der Waals surface area contributed by atoms with Crippen LogP contribution in [0.5, 0.6) is 0 Å². The fraction of sp³-hybridized carbons (Fsp3) is 0.556. The van der Waals surface area contributed by atoms with Crippen molar-refractivity contribution >= 4 is 5.91 Å². The predicted octanol–water partition coefficient (Wildman–Crippen LogP) is 2.56. The summed E-state index contributed by atoms with van der Waals surface area (Å²) in [5.41, 5.74) is 2.11. The Morgan fingerprint density at radius 2 is 2.14 bits per heavy atom. The van der Waals surface area contributed by atoms with Crippen LogP contribution < -0.4 is 5.32 Å². The van der Waals surface area contributed by atoms with Gasteiger partial charge in [-0.25, -0.2) is 0 Å². The molecular weight excluding hydrogens is 274 g/mol. The van der Waals surface area contributed by atoms with E-state index in [1.54, 1.807) is 0 Å². The van der Waals surface area contributed by atoms with Gasteiger partial charge in [-0.05, 0) is 56.7 Å². The Hall–Kier alpha value is -1.86. The summed E-state index contributed by atoms with van der Waals surface area (Å²) in [7, 11) is 2.00. The zero-order chi connectivity index (χ0) is 15.6. The molecule has 4 nitrogen and oxygen atoms in total. The lowest BCUT2D eigenvalue weighted by atomic mass is 10.00. The van der Waals surface area contributed by atoms with E-state index in [9.17, 15) is 10.1 Å². The summed E-state index contributed by atoms with van der Waals surface area (Å²) in [6, 6.07) is 11.1. The highest BCUT2D eigenvalue weighted by molar-refractivity contribution is 5.79. The maximum atomic E-state index is 12.3. The first kappa shape index (κ1) is 15.1. The lowest BCUT2D eigenvalue weighted by Gasteiger charge is -2.27. The predicted molar refractivity (Wildman–Crippen MR) is 85.1 cm³/mol. The van der Waals surface area contributed by atoms with Crippen molar-refractivity contribution in [3.05, 3.63) is 35.4 Å². The third-order valence-corrected chi connectivity index (χ3v) is 5.08. The van der Waals surface area contributed by atoms with Gasteiger partial charge in [-0.15, -0.1) is 0 Å². The van der Waals surface area contributed by atoms with Gasteiger partial charge in [-0.2, -0.15) is 5.26 Å². The molecule has 0 heterocycles. The zero-order valence-electron chi connectivity index (χ0n) is 13.1. The highest BCUT2D eigenvalue weighted by Gasteiger charge is 2.36. The number of nitriles is 1. The summed E-state index contributed by atoms with van der Waals surface area (Å²) in [6.07, 6.45) is 5.76. The molecule has 116 valence electrons. The normalized spacial score (nSPS) is 22.3. The van der Waals surface area contributed by atoms with Crippen LogP contribution in [-0.2, 0) is 11.2 Å². The molecule has 1 unspecified atom stereocenters. The molecule has 1 amide bonds. The number of nitrogens with one attached hydrogen (secondary N) is 1. The minimum atomic E-state index is -0.620. The van der Waals surface area contributed by atoms with Crippen LogP contribution in [0.15, 0.2) is 24.3 Å². The number of rotatable bonds is 4. The minimum Gasteiger partial charge on any atom is -0.337 e. The second-order valence-electron chi connectivity index (χ2n) is 6.62. The highest BCUT2D eigenvalue weighted by Crippen LogP contribution is 2.34. The third kappa shape index (κ3) is 2.86. The number of amides is 1. The Morgan fingerprint density at radius 3 is 2.86 bits per heavy atom. The summed E-state index contributed by atoms with van der Waals surface area (Å²) in [5, 5.41) is 12.3. The quantitative estimate of drug-likeness (QED) is 0.929. The Morgan fingerprint density at radius 1 is 1.41 bits per heavy atom. The first-order chi connectivity index (χ1) is 10.6. The minimum absolute atomic E-state index is 0.0321. The topological polar surface area (TPSA) is 56.1 Å². The summed E-state index contributed by atoms with van der Waals surface area (Å²) in [4.78, 5) is 14.5. The summed E-state index contributed by atoms with van der Waals surface area (Å²) < 4.78 is 0. The van der Waals surface area contributed by atoms with E-state index in [4.69, 9.17) is 0 Å². The number of aryl methyl sites for hydroxylation is 1. The van der Waals surface area contributed by atoms with Crippen molar-refractivity contribution in [2.45, 2.75) is 50.1 Å². The molecule has 0 aromatic heterocycles. The van der Waals surface area contributed by atoms with Gasteiger partial charge >= 0.3 is 0 Å².